The van der Waals surface area contributed by atoms with Crippen molar-refractivity contribution >= 4 is 12.2 Å². The minimum absolute atomic E-state index is 0.247. The highest BCUT2D eigenvalue weighted by Crippen LogP contribution is 2.13. The van der Waals surface area contributed by atoms with Crippen molar-refractivity contribution in [3.8, 4) is 5.69 Å². The second kappa shape index (κ2) is 3.38. The molecule has 2 rings (SSSR count). The van der Waals surface area contributed by atoms with E-state index in [0.717, 1.165) is 11.3 Å². The Morgan fingerprint density at radius 1 is 1.36 bits per heavy atom. The summed E-state index contributed by atoms with van der Waals surface area (Å²) in [6.07, 6.45) is 3.50. The van der Waals surface area contributed by atoms with Gasteiger partial charge in [-0.25, -0.2) is 4.39 Å². The Morgan fingerprint density at radius 2 is 2.14 bits per heavy atom. The number of halogens is 1. The van der Waals surface area contributed by atoms with E-state index in [1.807, 2.05) is 13.0 Å². The van der Waals surface area contributed by atoms with E-state index in [9.17, 15) is 4.39 Å². The van der Waals surface area contributed by atoms with Crippen LogP contribution in [0, 0.1) is 17.5 Å². The molecule has 0 saturated carbocycles. The third kappa shape index (κ3) is 1.61. The first-order valence-electron chi connectivity index (χ1n) is 4.20. The molecule has 1 N–H and O–H groups in total. The van der Waals surface area contributed by atoms with Crippen LogP contribution < -0.4 is 0 Å². The SMILES string of the molecule is Cc1cc(F)cc(-n2cc[nH]c2=S)c1. The fourth-order valence-corrected chi connectivity index (χ4v) is 1.61. The van der Waals surface area contributed by atoms with E-state index in [1.165, 1.54) is 12.1 Å². The molecule has 0 bridgehead atoms. The van der Waals surface area contributed by atoms with E-state index in [-0.39, 0.29) is 5.82 Å². The number of imidazole rings is 1. The van der Waals surface area contributed by atoms with Crippen molar-refractivity contribution in [3.05, 3.63) is 46.7 Å². The van der Waals surface area contributed by atoms with Crippen LogP contribution in [0.1, 0.15) is 5.56 Å². The van der Waals surface area contributed by atoms with Crippen molar-refractivity contribution < 1.29 is 4.39 Å². The fraction of sp³-hybridized carbons (Fsp3) is 0.100. The molecule has 1 aromatic heterocycles. The number of hydrogen-bond acceptors (Lipinski definition) is 1. The van der Waals surface area contributed by atoms with E-state index in [2.05, 4.69) is 4.98 Å². The Kier molecular flexibility index (Phi) is 2.21. The summed E-state index contributed by atoms with van der Waals surface area (Å²) in [5.41, 5.74) is 1.62. The Labute approximate surface area is 86.0 Å². The van der Waals surface area contributed by atoms with E-state index in [4.69, 9.17) is 12.2 Å². The first-order valence-corrected chi connectivity index (χ1v) is 4.61. The number of aromatic amines is 1. The molecule has 0 atom stereocenters. The number of aryl methyl sites for hydroxylation is 1. The summed E-state index contributed by atoms with van der Waals surface area (Å²) in [5, 5.41) is 0. The highest BCUT2D eigenvalue weighted by atomic mass is 32.1. The lowest BCUT2D eigenvalue weighted by Crippen LogP contribution is -1.93. The van der Waals surface area contributed by atoms with Crippen LogP contribution in [0.4, 0.5) is 4.39 Å². The predicted molar refractivity (Wildman–Crippen MR) is 55.6 cm³/mol. The zero-order valence-electron chi connectivity index (χ0n) is 7.62. The van der Waals surface area contributed by atoms with Gasteiger partial charge in [0.1, 0.15) is 5.82 Å². The zero-order valence-corrected chi connectivity index (χ0v) is 8.44. The van der Waals surface area contributed by atoms with Crippen LogP contribution in [0.2, 0.25) is 0 Å². The van der Waals surface area contributed by atoms with Gasteiger partial charge in [0, 0.05) is 12.4 Å². The van der Waals surface area contributed by atoms with Gasteiger partial charge in [-0.1, -0.05) is 0 Å². The molecule has 0 fully saturated rings. The quantitative estimate of drug-likeness (QED) is 0.714. The summed E-state index contributed by atoms with van der Waals surface area (Å²) in [5.74, 6) is -0.247. The maximum absolute atomic E-state index is 13.1. The summed E-state index contributed by atoms with van der Waals surface area (Å²) in [4.78, 5) is 2.86. The normalized spacial score (nSPS) is 10.4. The average molecular weight is 208 g/mol. The van der Waals surface area contributed by atoms with Crippen LogP contribution in [0.3, 0.4) is 0 Å². The molecule has 0 amide bonds. The average Bonchev–Trinajstić information content (AvgIpc) is 2.49. The number of benzene rings is 1. The Morgan fingerprint density at radius 3 is 2.71 bits per heavy atom. The van der Waals surface area contributed by atoms with E-state index in [0.29, 0.717) is 4.77 Å². The van der Waals surface area contributed by atoms with Gasteiger partial charge in [-0.05, 0) is 42.9 Å². The van der Waals surface area contributed by atoms with Gasteiger partial charge >= 0.3 is 0 Å². The number of nitrogens with one attached hydrogen (secondary N) is 1. The molecule has 4 heteroatoms. The lowest BCUT2D eigenvalue weighted by Gasteiger charge is -2.03. The van der Waals surface area contributed by atoms with Gasteiger partial charge in [0.05, 0.1) is 5.69 Å². The monoisotopic (exact) mass is 208 g/mol. The van der Waals surface area contributed by atoms with Crippen molar-refractivity contribution in [1.82, 2.24) is 9.55 Å². The number of nitrogens with zero attached hydrogens (tertiary/aromatic N) is 1. The molecule has 0 aliphatic rings. The lowest BCUT2D eigenvalue weighted by atomic mass is 10.2. The molecule has 0 aliphatic carbocycles. The molecule has 1 heterocycles. The van der Waals surface area contributed by atoms with Gasteiger partial charge in [-0.15, -0.1) is 0 Å². The van der Waals surface area contributed by atoms with Crippen LogP contribution in [0.25, 0.3) is 5.69 Å². The van der Waals surface area contributed by atoms with E-state index in [1.54, 1.807) is 17.0 Å². The minimum Gasteiger partial charge on any atom is -0.337 e. The minimum atomic E-state index is -0.247. The van der Waals surface area contributed by atoms with Crippen molar-refractivity contribution in [1.29, 1.82) is 0 Å². The number of rotatable bonds is 1. The molecule has 2 nitrogen and oxygen atoms in total. The summed E-state index contributed by atoms with van der Waals surface area (Å²) in [6, 6.07) is 4.82. The standard InChI is InChI=1S/C10H9FN2S/c1-7-4-8(11)6-9(5-7)13-3-2-12-10(13)14/h2-6H,1H3,(H,12,14). The highest BCUT2D eigenvalue weighted by Gasteiger charge is 2.00. The summed E-state index contributed by atoms with van der Waals surface area (Å²) < 4.78 is 15.4. The molecule has 0 spiro atoms. The van der Waals surface area contributed by atoms with E-state index < -0.39 is 0 Å². The Balaban J connectivity index is 2.63. The van der Waals surface area contributed by atoms with Gasteiger partial charge in [0.15, 0.2) is 4.77 Å². The third-order valence-corrected chi connectivity index (χ3v) is 2.27. The van der Waals surface area contributed by atoms with Gasteiger partial charge in [-0.3, -0.25) is 4.57 Å². The molecular formula is C10H9FN2S. The maximum atomic E-state index is 13.1. The van der Waals surface area contributed by atoms with Crippen LogP contribution in [0.15, 0.2) is 30.6 Å². The fourth-order valence-electron chi connectivity index (χ4n) is 1.38. The van der Waals surface area contributed by atoms with Gasteiger partial charge in [0.2, 0.25) is 0 Å². The predicted octanol–water partition coefficient (Wildman–Crippen LogP) is 2.98. The van der Waals surface area contributed by atoms with Crippen LogP contribution in [-0.4, -0.2) is 9.55 Å². The van der Waals surface area contributed by atoms with Crippen molar-refractivity contribution in [2.45, 2.75) is 6.92 Å². The number of hydrogen-bond donors (Lipinski definition) is 1. The zero-order chi connectivity index (χ0) is 10.1. The molecule has 1 aromatic carbocycles. The van der Waals surface area contributed by atoms with Gasteiger partial charge in [-0.2, -0.15) is 0 Å². The number of aromatic nitrogens is 2. The Hall–Kier alpha value is -1.42. The lowest BCUT2D eigenvalue weighted by molar-refractivity contribution is 0.625. The first kappa shape index (κ1) is 9.15. The first-order chi connectivity index (χ1) is 6.66. The van der Waals surface area contributed by atoms with Crippen LogP contribution in [0.5, 0.6) is 0 Å². The smallest absolute Gasteiger partial charge is 0.181 e. The molecule has 0 radical (unpaired) electrons. The maximum Gasteiger partial charge on any atom is 0.181 e. The number of H-pyrrole nitrogens is 1. The summed E-state index contributed by atoms with van der Waals surface area (Å²) in [7, 11) is 0. The molecule has 2 aromatic rings. The van der Waals surface area contributed by atoms with Gasteiger partial charge in [0.25, 0.3) is 0 Å². The molecule has 72 valence electrons. The van der Waals surface area contributed by atoms with Crippen molar-refractivity contribution in [2.24, 2.45) is 0 Å². The molecule has 14 heavy (non-hydrogen) atoms. The summed E-state index contributed by atoms with van der Waals surface area (Å²) >= 11 is 5.04. The van der Waals surface area contributed by atoms with Crippen LogP contribution in [-0.2, 0) is 0 Å². The molecule has 0 unspecified atom stereocenters. The molecule has 0 aliphatic heterocycles. The highest BCUT2D eigenvalue weighted by molar-refractivity contribution is 7.71. The van der Waals surface area contributed by atoms with E-state index >= 15 is 0 Å². The molecule has 0 saturated heterocycles. The molecular weight excluding hydrogens is 199 g/mol. The van der Waals surface area contributed by atoms with Crippen molar-refractivity contribution in [3.63, 3.8) is 0 Å². The topological polar surface area (TPSA) is 20.7 Å². The Bertz CT molecular complexity index is 493. The second-order valence-electron chi connectivity index (χ2n) is 3.12. The third-order valence-electron chi connectivity index (χ3n) is 1.95. The summed E-state index contributed by atoms with van der Waals surface area (Å²) in [6.45, 7) is 1.85. The largest absolute Gasteiger partial charge is 0.337 e. The van der Waals surface area contributed by atoms with Gasteiger partial charge < -0.3 is 4.98 Å². The van der Waals surface area contributed by atoms with Crippen molar-refractivity contribution in [2.75, 3.05) is 0 Å². The second-order valence-corrected chi connectivity index (χ2v) is 3.51. The van der Waals surface area contributed by atoms with Crippen LogP contribution >= 0.6 is 12.2 Å².